The first-order valence-corrected chi connectivity index (χ1v) is 8.57. The van der Waals surface area contributed by atoms with E-state index in [9.17, 15) is 9.90 Å². The molecule has 0 spiro atoms. The summed E-state index contributed by atoms with van der Waals surface area (Å²) in [6.45, 7) is 9.16. The second-order valence-corrected chi connectivity index (χ2v) is 7.71. The van der Waals surface area contributed by atoms with Gasteiger partial charge in [0.2, 0.25) is 0 Å². The number of ether oxygens (including phenoxy) is 2. The van der Waals surface area contributed by atoms with Gasteiger partial charge in [-0.05, 0) is 44.4 Å². The summed E-state index contributed by atoms with van der Waals surface area (Å²) < 4.78 is 11.2. The fourth-order valence-corrected chi connectivity index (χ4v) is 2.53. The summed E-state index contributed by atoms with van der Waals surface area (Å²) in [6, 6.07) is 3.15. The Hall–Kier alpha value is -0.880. The molecule has 1 heterocycles. The molecule has 136 valence electrons. The number of aliphatic hydroxyl groups is 1. The van der Waals surface area contributed by atoms with Gasteiger partial charge in [0.05, 0.1) is 19.1 Å². The highest BCUT2D eigenvalue weighted by Gasteiger charge is 2.29. The first-order chi connectivity index (χ1) is 11.0. The molecular formula is C17H25Cl2NO4. The summed E-state index contributed by atoms with van der Waals surface area (Å²) in [5.41, 5.74) is 0.0430. The lowest BCUT2D eigenvalue weighted by Gasteiger charge is -2.27. The Kier molecular flexibility index (Phi) is 7.93. The van der Waals surface area contributed by atoms with E-state index in [1.807, 2.05) is 34.6 Å². The van der Waals surface area contributed by atoms with Gasteiger partial charge >= 0.3 is 5.97 Å². The van der Waals surface area contributed by atoms with Crippen molar-refractivity contribution in [3.8, 4) is 0 Å². The molecule has 2 atom stereocenters. The second kappa shape index (κ2) is 8.99. The normalized spacial score (nSPS) is 14.5. The number of halogens is 2. The Morgan fingerprint density at radius 1 is 1.25 bits per heavy atom. The van der Waals surface area contributed by atoms with Crippen LogP contribution in [0.4, 0.5) is 0 Å². The van der Waals surface area contributed by atoms with Crippen molar-refractivity contribution in [2.24, 2.45) is 11.8 Å². The number of hydrogen-bond acceptors (Lipinski definition) is 5. The number of rotatable bonds is 7. The third kappa shape index (κ3) is 6.93. The summed E-state index contributed by atoms with van der Waals surface area (Å²) in [4.78, 5) is 16.2. The smallest absolute Gasteiger partial charge is 0.312 e. The zero-order valence-corrected chi connectivity index (χ0v) is 16.2. The minimum absolute atomic E-state index is 0.0313. The first-order valence-electron chi connectivity index (χ1n) is 7.81. The molecule has 0 amide bonds. The van der Waals surface area contributed by atoms with Crippen molar-refractivity contribution in [1.29, 1.82) is 0 Å². The Bertz CT molecular complexity index is 538. The van der Waals surface area contributed by atoms with E-state index in [4.69, 9.17) is 32.7 Å². The molecule has 1 rings (SSSR count). The highest BCUT2D eigenvalue weighted by atomic mass is 35.5. The van der Waals surface area contributed by atoms with Gasteiger partial charge in [-0.15, -0.1) is 0 Å². The van der Waals surface area contributed by atoms with Crippen LogP contribution in [0.2, 0.25) is 10.3 Å². The molecule has 0 aliphatic carbocycles. The SMILES string of the molecule is CC(C)[C@H](CO[C@H](CO)c1cc(Cl)nc(Cl)c1)C(=O)OC(C)(C)C. The fraction of sp³-hybridized carbons (Fsp3) is 0.647. The zero-order valence-electron chi connectivity index (χ0n) is 14.7. The van der Waals surface area contributed by atoms with E-state index in [-0.39, 0.29) is 35.4 Å². The molecule has 0 radical (unpaired) electrons. The van der Waals surface area contributed by atoms with Crippen LogP contribution in [0.15, 0.2) is 12.1 Å². The van der Waals surface area contributed by atoms with Crippen molar-refractivity contribution in [1.82, 2.24) is 4.98 Å². The van der Waals surface area contributed by atoms with Crippen LogP contribution in [-0.4, -0.2) is 34.9 Å². The quantitative estimate of drug-likeness (QED) is 0.573. The van der Waals surface area contributed by atoms with Crippen LogP contribution in [0, 0.1) is 11.8 Å². The van der Waals surface area contributed by atoms with Crippen LogP contribution >= 0.6 is 23.2 Å². The van der Waals surface area contributed by atoms with Crippen molar-refractivity contribution in [2.45, 2.75) is 46.3 Å². The highest BCUT2D eigenvalue weighted by Crippen LogP contribution is 2.25. The minimum Gasteiger partial charge on any atom is -0.460 e. The molecule has 1 aromatic rings. The van der Waals surface area contributed by atoms with Gasteiger partial charge in [0.1, 0.15) is 22.0 Å². The van der Waals surface area contributed by atoms with Crippen molar-refractivity contribution >= 4 is 29.2 Å². The zero-order chi connectivity index (χ0) is 18.5. The van der Waals surface area contributed by atoms with Gasteiger partial charge in [-0.3, -0.25) is 4.79 Å². The maximum atomic E-state index is 12.3. The number of pyridine rings is 1. The molecule has 1 aromatic heterocycles. The van der Waals surface area contributed by atoms with E-state index in [1.165, 1.54) is 0 Å². The van der Waals surface area contributed by atoms with Crippen LogP contribution < -0.4 is 0 Å². The average Bonchev–Trinajstić information content (AvgIpc) is 2.39. The van der Waals surface area contributed by atoms with Gasteiger partial charge in [0.25, 0.3) is 0 Å². The summed E-state index contributed by atoms with van der Waals surface area (Å²) in [6.07, 6.45) is -0.647. The third-order valence-electron chi connectivity index (χ3n) is 3.31. The van der Waals surface area contributed by atoms with Gasteiger partial charge in [-0.2, -0.15) is 0 Å². The molecule has 7 heteroatoms. The van der Waals surface area contributed by atoms with Crippen LogP contribution in [-0.2, 0) is 14.3 Å². The van der Waals surface area contributed by atoms with Crippen molar-refractivity contribution in [2.75, 3.05) is 13.2 Å². The lowest BCUT2D eigenvalue weighted by atomic mass is 9.96. The molecule has 0 aromatic carbocycles. The number of aliphatic hydroxyl groups excluding tert-OH is 1. The molecule has 0 aliphatic rings. The number of esters is 1. The first kappa shape index (κ1) is 21.2. The Labute approximate surface area is 153 Å². The van der Waals surface area contributed by atoms with Gasteiger partial charge in [0, 0.05) is 0 Å². The Morgan fingerprint density at radius 3 is 2.21 bits per heavy atom. The van der Waals surface area contributed by atoms with Crippen molar-refractivity contribution in [3.63, 3.8) is 0 Å². The maximum Gasteiger partial charge on any atom is 0.312 e. The van der Waals surface area contributed by atoms with E-state index in [2.05, 4.69) is 4.98 Å². The number of nitrogens with zero attached hydrogens (tertiary/aromatic N) is 1. The Morgan fingerprint density at radius 2 is 1.79 bits per heavy atom. The molecule has 0 bridgehead atoms. The number of carbonyl (C=O) groups excluding carboxylic acids is 1. The van der Waals surface area contributed by atoms with E-state index < -0.39 is 17.6 Å². The molecule has 0 fully saturated rings. The van der Waals surface area contributed by atoms with Crippen LogP contribution in [0.25, 0.3) is 0 Å². The predicted molar refractivity (Wildman–Crippen MR) is 94.2 cm³/mol. The summed E-state index contributed by atoms with van der Waals surface area (Å²) in [5.74, 6) is -0.727. The largest absolute Gasteiger partial charge is 0.460 e. The van der Waals surface area contributed by atoms with Gasteiger partial charge in [-0.25, -0.2) is 4.98 Å². The highest BCUT2D eigenvalue weighted by molar-refractivity contribution is 6.32. The van der Waals surface area contributed by atoms with Crippen LogP contribution in [0.1, 0.15) is 46.3 Å². The third-order valence-corrected chi connectivity index (χ3v) is 3.70. The minimum atomic E-state index is -0.647. The Balaban J connectivity index is 2.82. The summed E-state index contributed by atoms with van der Waals surface area (Å²) in [5, 5.41) is 10.0. The standard InChI is InChI=1S/C17H25Cl2NO4/c1-10(2)12(16(22)24-17(3,4)5)9-23-13(8-21)11-6-14(18)20-15(19)7-11/h6-7,10,12-13,21H,8-9H2,1-5H3/t12-,13+/m0/s1. The number of aromatic nitrogens is 1. The number of hydrogen-bond donors (Lipinski definition) is 1. The fourth-order valence-electron chi connectivity index (χ4n) is 2.05. The molecule has 24 heavy (non-hydrogen) atoms. The maximum absolute atomic E-state index is 12.3. The summed E-state index contributed by atoms with van der Waals surface area (Å²) >= 11 is 11.8. The van der Waals surface area contributed by atoms with Crippen LogP contribution in [0.5, 0.6) is 0 Å². The van der Waals surface area contributed by atoms with Gasteiger partial charge < -0.3 is 14.6 Å². The van der Waals surface area contributed by atoms with Crippen molar-refractivity contribution < 1.29 is 19.4 Å². The van der Waals surface area contributed by atoms with E-state index in [0.29, 0.717) is 5.56 Å². The molecule has 1 N–H and O–H groups in total. The number of carbonyl (C=O) groups is 1. The van der Waals surface area contributed by atoms with Gasteiger partial charge in [0.15, 0.2) is 0 Å². The molecule has 0 unspecified atom stereocenters. The van der Waals surface area contributed by atoms with Crippen molar-refractivity contribution in [3.05, 3.63) is 28.0 Å². The lowest BCUT2D eigenvalue weighted by Crippen LogP contribution is -2.34. The van der Waals surface area contributed by atoms with Crippen LogP contribution in [0.3, 0.4) is 0 Å². The van der Waals surface area contributed by atoms with E-state index in [1.54, 1.807) is 12.1 Å². The molecular weight excluding hydrogens is 353 g/mol. The van der Waals surface area contributed by atoms with Gasteiger partial charge in [-0.1, -0.05) is 37.0 Å². The molecule has 0 aliphatic heterocycles. The molecule has 0 saturated heterocycles. The van der Waals surface area contributed by atoms with E-state index in [0.717, 1.165) is 0 Å². The predicted octanol–water partition coefficient (Wildman–Crippen LogP) is 4.05. The summed E-state index contributed by atoms with van der Waals surface area (Å²) in [7, 11) is 0. The average molecular weight is 378 g/mol. The second-order valence-electron chi connectivity index (χ2n) is 6.93. The van der Waals surface area contributed by atoms with E-state index >= 15 is 0 Å². The lowest BCUT2D eigenvalue weighted by molar-refractivity contribution is -0.165. The monoisotopic (exact) mass is 377 g/mol. The topological polar surface area (TPSA) is 68.7 Å². The molecule has 5 nitrogen and oxygen atoms in total. The molecule has 0 saturated carbocycles.